The van der Waals surface area contributed by atoms with Crippen molar-refractivity contribution in [2.75, 3.05) is 48.2 Å². The van der Waals surface area contributed by atoms with Crippen molar-refractivity contribution >= 4 is 52.2 Å². The smallest absolute Gasteiger partial charge is 0.341 e. The number of carbonyl (C=O) groups excluding carboxylic acids is 4. The van der Waals surface area contributed by atoms with Crippen LogP contribution in [0, 0.1) is 12.8 Å². The van der Waals surface area contributed by atoms with Crippen LogP contribution >= 0.6 is 23.2 Å². The van der Waals surface area contributed by atoms with E-state index in [2.05, 4.69) is 10.3 Å². The molecular weight excluding hydrogens is 795 g/mol. The zero-order valence-electron chi connectivity index (χ0n) is 31.6. The molecule has 0 bridgehead atoms. The largest absolute Gasteiger partial charge is 0.507 e. The summed E-state index contributed by atoms with van der Waals surface area (Å²) in [5.74, 6) is -7.83. The number of hydrogen-bond donors (Lipinski definition) is 7. The van der Waals surface area contributed by atoms with Crippen molar-refractivity contribution in [2.24, 2.45) is 10.9 Å². The molecule has 0 spiro atoms. The Morgan fingerprint density at radius 3 is 2.33 bits per heavy atom. The van der Waals surface area contributed by atoms with Gasteiger partial charge in [-0.15, -0.1) is 0 Å². The fourth-order valence-corrected chi connectivity index (χ4v) is 9.07. The van der Waals surface area contributed by atoms with Crippen molar-refractivity contribution < 1.29 is 73.5 Å². The number of allylic oxidation sites excluding steroid dienone is 2. The predicted molar refractivity (Wildman–Crippen MR) is 199 cm³/mol. The maximum Gasteiger partial charge on any atom is 0.341 e. The third-order valence-corrected chi connectivity index (χ3v) is 12.2. The average Bonchev–Trinajstić information content (AvgIpc) is 3.17. The molecule has 19 heteroatoms. The molecule has 1 fully saturated rings. The van der Waals surface area contributed by atoms with Crippen LogP contribution in [0.3, 0.4) is 0 Å². The second kappa shape index (κ2) is 15.6. The van der Waals surface area contributed by atoms with Gasteiger partial charge in [-0.3, -0.25) is 19.4 Å². The maximum atomic E-state index is 15.0. The van der Waals surface area contributed by atoms with E-state index < -0.39 is 123 Å². The van der Waals surface area contributed by atoms with Crippen molar-refractivity contribution in [3.05, 3.63) is 66.3 Å². The van der Waals surface area contributed by atoms with Crippen molar-refractivity contribution in [3.8, 4) is 11.5 Å². The second-order valence-electron chi connectivity index (χ2n) is 14.1. The normalized spacial score (nSPS) is 30.2. The Hall–Kier alpha value is -4.01. The number of benzene rings is 2. The molecule has 3 aliphatic carbocycles. The summed E-state index contributed by atoms with van der Waals surface area (Å²) in [6.45, 7) is 2.62. The number of esters is 1. The summed E-state index contributed by atoms with van der Waals surface area (Å²) in [6, 6.07) is 0.929. The van der Waals surface area contributed by atoms with Crippen LogP contribution in [-0.4, -0.2) is 144 Å². The number of rotatable bonds is 10. The Morgan fingerprint density at radius 1 is 1.05 bits per heavy atom. The molecule has 6 rings (SSSR count). The number of methoxy groups -OCH3 is 4. The van der Waals surface area contributed by atoms with Gasteiger partial charge in [-0.2, -0.15) is 0 Å². The molecule has 2 aromatic carbocycles. The highest BCUT2D eigenvalue weighted by Crippen LogP contribution is 2.58. The number of ketones is 3. The fraction of sp³-hybridized carbons (Fsp3) is 0.500. The molecule has 0 radical (unpaired) electrons. The SMILES string of the molecule is COCCCN=C1C(Cl)=C(N[C@H]2O[C@@H](C)[C@H](OC)[C@@H](O)[C@H]2CO)C(=O)c2cc3c(c(O)c21)C(=O)[C@]1(OC)[C@H](O)Cc2c(Cl)c(C)c(C(=O)OC)c(O)c2[C@]1(O)C3=O. The average molecular weight is 838 g/mol. The highest BCUT2D eigenvalue weighted by atomic mass is 35.5. The number of ether oxygens (including phenoxy) is 5. The summed E-state index contributed by atoms with van der Waals surface area (Å²) < 4.78 is 26.9. The summed E-state index contributed by atoms with van der Waals surface area (Å²) in [7, 11) is 4.77. The molecule has 1 saturated heterocycles. The van der Waals surface area contributed by atoms with Crippen LogP contribution in [0.15, 0.2) is 21.8 Å². The van der Waals surface area contributed by atoms with Crippen molar-refractivity contribution in [2.45, 2.75) is 68.5 Å². The van der Waals surface area contributed by atoms with Gasteiger partial charge in [-0.1, -0.05) is 23.2 Å². The number of aromatic hydroxyl groups is 2. The zero-order valence-corrected chi connectivity index (χ0v) is 33.1. The third kappa shape index (κ3) is 5.93. The van der Waals surface area contributed by atoms with Gasteiger partial charge in [0.2, 0.25) is 17.3 Å². The fourth-order valence-electron chi connectivity index (χ4n) is 8.51. The van der Waals surface area contributed by atoms with Crippen LogP contribution < -0.4 is 5.32 Å². The highest BCUT2D eigenvalue weighted by Gasteiger charge is 2.73. The summed E-state index contributed by atoms with van der Waals surface area (Å²) in [5.41, 5.74) is -10.7. The number of fused-ring (bicyclic) bond motifs is 5. The van der Waals surface area contributed by atoms with Gasteiger partial charge in [-0.25, -0.2) is 4.79 Å². The van der Waals surface area contributed by atoms with Gasteiger partial charge >= 0.3 is 5.97 Å². The first-order valence-electron chi connectivity index (χ1n) is 17.8. The van der Waals surface area contributed by atoms with Crippen molar-refractivity contribution in [3.63, 3.8) is 0 Å². The van der Waals surface area contributed by atoms with E-state index in [4.69, 9.17) is 46.9 Å². The summed E-state index contributed by atoms with van der Waals surface area (Å²) >= 11 is 13.5. The standard InChI is InChI=1S/C38H42Cl2N2O15/c1-13-20(36(51)55-5)31(48)23-17(24(13)39)11-19(44)38(56-6)34(50)22-16(33(49)37(23,38)52)10-15-21(30(22)47)26(41-8-7-9-53-3)25(40)27(28(15)45)42-35-18(12-43)29(46)32(54-4)14(2)57-35/h10,14,18-19,29,32,35,42-44,46-48,52H,7-9,11-12H2,1-6H3/t14-,18+,19+,29-,32-,35-,37-,38+/m0/s1. The summed E-state index contributed by atoms with van der Waals surface area (Å²) in [5, 5.41) is 71.6. The molecule has 0 aromatic heterocycles. The molecule has 7 N–H and O–H groups in total. The molecule has 57 heavy (non-hydrogen) atoms. The van der Waals surface area contributed by atoms with Gasteiger partial charge in [0.05, 0.1) is 59.8 Å². The Bertz CT molecular complexity index is 2140. The molecule has 0 saturated carbocycles. The maximum absolute atomic E-state index is 15.0. The summed E-state index contributed by atoms with van der Waals surface area (Å²) in [6.07, 6.45) is -6.39. The van der Waals surface area contributed by atoms with E-state index in [9.17, 15) is 49.8 Å². The first-order chi connectivity index (χ1) is 27.0. The molecule has 0 amide bonds. The van der Waals surface area contributed by atoms with Crippen LogP contribution in [0.5, 0.6) is 11.5 Å². The topological polar surface area (TPSA) is 260 Å². The van der Waals surface area contributed by atoms with Gasteiger partial charge in [0.1, 0.15) is 35.1 Å². The Labute approximate surface area is 335 Å². The number of aliphatic imine (C=N–C) groups is 1. The lowest BCUT2D eigenvalue weighted by atomic mass is 9.56. The number of aliphatic hydroxyl groups is 4. The van der Waals surface area contributed by atoms with Crippen LogP contribution in [0.1, 0.15) is 77.0 Å². The molecule has 0 unspecified atom stereocenters. The molecule has 2 aromatic rings. The van der Waals surface area contributed by atoms with Gasteiger partial charge in [0, 0.05) is 62.6 Å². The first-order valence-corrected chi connectivity index (χ1v) is 18.5. The third-order valence-electron chi connectivity index (χ3n) is 11.3. The number of carbonyl (C=O) groups is 4. The van der Waals surface area contributed by atoms with Crippen molar-refractivity contribution in [1.29, 1.82) is 0 Å². The minimum absolute atomic E-state index is 0.0150. The highest BCUT2D eigenvalue weighted by molar-refractivity contribution is 6.51. The molecule has 1 aliphatic heterocycles. The van der Waals surface area contributed by atoms with E-state index in [0.717, 1.165) is 20.3 Å². The van der Waals surface area contributed by atoms with E-state index >= 15 is 0 Å². The quantitative estimate of drug-likeness (QED) is 0.131. The van der Waals surface area contributed by atoms with E-state index in [1.807, 2.05) is 0 Å². The second-order valence-corrected chi connectivity index (χ2v) is 14.9. The van der Waals surface area contributed by atoms with Gasteiger partial charge in [0.25, 0.3) is 0 Å². The monoisotopic (exact) mass is 836 g/mol. The lowest BCUT2D eigenvalue weighted by Gasteiger charge is -2.53. The van der Waals surface area contributed by atoms with E-state index in [0.29, 0.717) is 6.42 Å². The minimum Gasteiger partial charge on any atom is -0.507 e. The summed E-state index contributed by atoms with van der Waals surface area (Å²) in [4.78, 5) is 61.8. The van der Waals surface area contributed by atoms with E-state index in [1.165, 1.54) is 21.1 Å². The molecule has 1 heterocycles. The van der Waals surface area contributed by atoms with Crippen LogP contribution in [0.25, 0.3) is 0 Å². The van der Waals surface area contributed by atoms with Crippen molar-refractivity contribution in [1.82, 2.24) is 5.32 Å². The predicted octanol–water partition coefficient (Wildman–Crippen LogP) is 1.21. The molecule has 308 valence electrons. The molecular formula is C38H42Cl2N2O15. The first kappa shape index (κ1) is 42.6. The number of nitrogens with zero attached hydrogens (tertiary/aromatic N) is 1. The van der Waals surface area contributed by atoms with Gasteiger partial charge in [-0.05, 0) is 37.5 Å². The Balaban J connectivity index is 1.60. The Kier molecular flexibility index (Phi) is 11.7. The zero-order chi connectivity index (χ0) is 42.0. The van der Waals surface area contributed by atoms with Gasteiger partial charge in [0.15, 0.2) is 11.2 Å². The van der Waals surface area contributed by atoms with Crippen LogP contribution in [-0.2, 0) is 35.7 Å². The lowest BCUT2D eigenvalue weighted by molar-refractivity contribution is -0.214. The Morgan fingerprint density at radius 2 is 1.74 bits per heavy atom. The lowest BCUT2D eigenvalue weighted by Crippen LogP contribution is -2.73. The van der Waals surface area contributed by atoms with Crippen LogP contribution in [0.4, 0.5) is 0 Å². The molecule has 4 aliphatic rings. The molecule has 17 nitrogen and oxygen atoms in total. The van der Waals surface area contributed by atoms with Crippen LogP contribution in [0.2, 0.25) is 5.02 Å². The number of halogens is 2. The number of aliphatic hydroxyl groups excluding tert-OH is 3. The molecule has 8 atom stereocenters. The van der Waals surface area contributed by atoms with Gasteiger partial charge < -0.3 is 59.6 Å². The number of hydrogen-bond acceptors (Lipinski definition) is 17. The number of phenolic OH excluding ortho intramolecular Hbond substituents is 2. The number of nitrogens with one attached hydrogen (secondary N) is 1. The number of phenols is 2. The van der Waals surface area contributed by atoms with E-state index in [1.54, 1.807) is 6.92 Å². The number of Topliss-reactive ketones (excluding diaryl/α,β-unsaturated/α-hetero) is 3. The minimum atomic E-state index is -3.33. The van der Waals surface area contributed by atoms with E-state index in [-0.39, 0.29) is 51.3 Å².